The summed E-state index contributed by atoms with van der Waals surface area (Å²) in [5.41, 5.74) is 10.6. The van der Waals surface area contributed by atoms with E-state index in [2.05, 4.69) is 42.3 Å². The Morgan fingerprint density at radius 3 is 2.68 bits per heavy atom. The number of methoxy groups -OCH3 is 1. The van der Waals surface area contributed by atoms with Crippen molar-refractivity contribution < 1.29 is 33.5 Å². The number of aliphatic hydroxyl groups is 2. The Balaban J connectivity index is 1.78. The number of nitrogens with two attached hydrogens (primary N) is 2. The maximum Gasteiger partial charge on any atom is 0.582 e. The number of anilines is 2. The lowest BCUT2D eigenvalue weighted by Gasteiger charge is -2.28. The van der Waals surface area contributed by atoms with Gasteiger partial charge < -0.3 is 35.8 Å². The highest BCUT2D eigenvalue weighted by molar-refractivity contribution is 8.39. The van der Waals surface area contributed by atoms with E-state index in [-0.39, 0.29) is 35.0 Å². The van der Waals surface area contributed by atoms with Gasteiger partial charge in [-0.1, -0.05) is 0 Å². The molecular weight excluding hydrogens is 586 g/mol. The molecule has 8 N–H and O–H groups in total. The van der Waals surface area contributed by atoms with Crippen LogP contribution in [0.15, 0.2) is 22.4 Å². The van der Waals surface area contributed by atoms with Gasteiger partial charge in [-0.15, -0.1) is 4.52 Å². The summed E-state index contributed by atoms with van der Waals surface area (Å²) in [5.74, 6) is -2.24. The van der Waals surface area contributed by atoms with Gasteiger partial charge in [-0.3, -0.25) is 19.3 Å². The van der Waals surface area contributed by atoms with E-state index in [9.17, 15) is 24.5 Å². The molecule has 0 spiro atoms. The maximum atomic E-state index is 12.0. The van der Waals surface area contributed by atoms with Crippen molar-refractivity contribution in [2.75, 3.05) is 31.7 Å². The predicted octanol–water partition coefficient (Wildman–Crippen LogP) is -1.87. The van der Waals surface area contributed by atoms with Gasteiger partial charge >= 0.3 is 7.23 Å². The fourth-order valence-corrected chi connectivity index (χ4v) is 5.47. The molecule has 0 aliphatic heterocycles. The first kappa shape index (κ1) is 30.2. The summed E-state index contributed by atoms with van der Waals surface area (Å²) in [6, 6.07) is 0. The Morgan fingerprint density at radius 2 is 2.05 bits per heavy atom. The Labute approximate surface area is 224 Å². The van der Waals surface area contributed by atoms with E-state index < -0.39 is 50.2 Å². The molecule has 3 heterocycles. The first-order valence-electron chi connectivity index (χ1n) is 10.4. The quantitative estimate of drug-likeness (QED) is 0.0873. The topological polar surface area (TPSA) is 264 Å². The molecule has 208 valence electrons. The number of imidazole rings is 1. The van der Waals surface area contributed by atoms with Crippen molar-refractivity contribution >= 4 is 60.7 Å². The molecular formula is C16H25N10O8P2S2+. The van der Waals surface area contributed by atoms with Crippen molar-refractivity contribution in [1.29, 1.82) is 0 Å². The van der Waals surface area contributed by atoms with Crippen LogP contribution in [0.1, 0.15) is 6.23 Å². The van der Waals surface area contributed by atoms with Gasteiger partial charge in [-0.25, -0.2) is 14.6 Å². The summed E-state index contributed by atoms with van der Waals surface area (Å²) in [6.07, 6.45) is -1.74. The van der Waals surface area contributed by atoms with Gasteiger partial charge in [0.05, 0.1) is 19.5 Å². The minimum Gasteiger partial charge on any atom is -0.381 e. The first-order chi connectivity index (χ1) is 17.9. The average molecular weight is 612 g/mol. The second kappa shape index (κ2) is 12.6. The molecule has 0 fully saturated rings. The van der Waals surface area contributed by atoms with Gasteiger partial charge in [-0.05, 0) is 16.4 Å². The minimum absolute atomic E-state index is 0.0787. The lowest BCUT2D eigenvalue weighted by molar-refractivity contribution is -0.0247. The molecule has 0 saturated heterocycles. The second-order valence-electron chi connectivity index (χ2n) is 7.55. The molecule has 0 aliphatic carbocycles. The lowest BCUT2D eigenvalue weighted by atomic mass is 10.2. The summed E-state index contributed by atoms with van der Waals surface area (Å²) in [4.78, 5) is 40.8. The molecule has 0 aliphatic rings. The number of hydrogen-bond donors (Lipinski definition) is 7. The summed E-state index contributed by atoms with van der Waals surface area (Å²) in [7, 11) is 0.442. The van der Waals surface area contributed by atoms with Gasteiger partial charge in [0, 0.05) is 14.2 Å². The van der Waals surface area contributed by atoms with E-state index in [1.54, 1.807) is 7.05 Å². The molecule has 0 saturated carbocycles. The van der Waals surface area contributed by atoms with Crippen LogP contribution in [-0.2, 0) is 37.2 Å². The van der Waals surface area contributed by atoms with E-state index in [1.165, 1.54) is 18.1 Å². The summed E-state index contributed by atoms with van der Waals surface area (Å²) >= 11 is 8.83. The lowest BCUT2D eigenvalue weighted by Crippen LogP contribution is -2.37. The molecule has 6 atom stereocenters. The molecule has 3 rings (SSSR count). The largest absolute Gasteiger partial charge is 0.582 e. The van der Waals surface area contributed by atoms with Crippen molar-refractivity contribution in [2.24, 2.45) is 12.0 Å². The van der Waals surface area contributed by atoms with Crippen molar-refractivity contribution in [3.05, 3.63) is 28.5 Å². The van der Waals surface area contributed by atoms with E-state index >= 15 is 0 Å². The van der Waals surface area contributed by atoms with E-state index in [1.807, 2.05) is 0 Å². The van der Waals surface area contributed by atoms with Crippen molar-refractivity contribution in [2.45, 2.75) is 24.3 Å². The van der Waals surface area contributed by atoms with Crippen LogP contribution in [-0.4, -0.2) is 87.7 Å². The van der Waals surface area contributed by atoms with Crippen LogP contribution in [0.3, 0.4) is 0 Å². The summed E-state index contributed by atoms with van der Waals surface area (Å²) in [6.45, 7) is -4.82. The molecule has 22 heteroatoms. The predicted molar refractivity (Wildman–Crippen MR) is 140 cm³/mol. The third-order valence-corrected chi connectivity index (χ3v) is 8.23. The molecule has 38 heavy (non-hydrogen) atoms. The van der Waals surface area contributed by atoms with Crippen LogP contribution in [0.2, 0.25) is 0 Å². The Hall–Kier alpha value is -2.38. The fraction of sp³-hybridized carbons (Fsp3) is 0.500. The molecule has 3 aromatic heterocycles. The number of nitrogens with zero attached hydrogens (tertiary/aromatic N) is 7. The third kappa shape index (κ3) is 6.97. The molecule has 0 bridgehead atoms. The number of hydrogen-bond acceptors (Lipinski definition) is 15. The minimum atomic E-state index is -4.17. The van der Waals surface area contributed by atoms with Gasteiger partial charge in [0.2, 0.25) is 12.4 Å². The maximum absolute atomic E-state index is 12.0. The number of aromatic amines is 1. The van der Waals surface area contributed by atoms with Crippen molar-refractivity contribution in [3.63, 3.8) is 0 Å². The number of ether oxygens (including phenoxy) is 1. The number of thiol groups is 1. The van der Waals surface area contributed by atoms with Crippen molar-refractivity contribution in [3.8, 4) is 0 Å². The number of nitrogens with one attached hydrogen (secondary N) is 1. The number of nitrogen functional groups attached to an aromatic ring is 2. The molecule has 0 radical (unpaired) electrons. The second-order valence-corrected chi connectivity index (χ2v) is 12.7. The Bertz CT molecular complexity index is 1460. The zero-order valence-electron chi connectivity index (χ0n) is 19.8. The third-order valence-electron chi connectivity index (χ3n) is 5.08. The van der Waals surface area contributed by atoms with Gasteiger partial charge in [0.15, 0.2) is 40.6 Å². The van der Waals surface area contributed by atoms with E-state index in [0.717, 1.165) is 10.9 Å². The smallest absolute Gasteiger partial charge is 0.381 e. The average Bonchev–Trinajstić information content (AvgIpc) is 3.26. The summed E-state index contributed by atoms with van der Waals surface area (Å²) < 4.78 is 30.0. The van der Waals surface area contributed by atoms with Crippen LogP contribution in [0.5, 0.6) is 0 Å². The summed E-state index contributed by atoms with van der Waals surface area (Å²) in [5, 5.41) is 25.2. The van der Waals surface area contributed by atoms with Crippen LogP contribution >= 0.6 is 26.0 Å². The number of aromatic nitrogens is 7. The highest BCUT2D eigenvalue weighted by Gasteiger charge is 2.37. The molecule has 6 unspecified atom stereocenters. The highest BCUT2D eigenvalue weighted by Crippen LogP contribution is 2.50. The van der Waals surface area contributed by atoms with Crippen LogP contribution in [0.4, 0.5) is 11.8 Å². The molecule has 3 aromatic rings. The first-order valence-corrected chi connectivity index (χ1v) is 15.5. The molecule has 0 aromatic carbocycles. The molecule has 18 nitrogen and oxygen atoms in total. The zero-order valence-corrected chi connectivity index (χ0v) is 23.3. The molecule has 0 amide bonds. The monoisotopic (exact) mass is 611 g/mol. The van der Waals surface area contributed by atoms with Crippen LogP contribution < -0.4 is 22.5 Å². The van der Waals surface area contributed by atoms with E-state index in [0.29, 0.717) is 0 Å². The van der Waals surface area contributed by atoms with Gasteiger partial charge in [-0.2, -0.15) is 10.1 Å². The van der Waals surface area contributed by atoms with Crippen LogP contribution in [0.25, 0.3) is 11.2 Å². The number of aryl methyl sites for hydroxylation is 1. The van der Waals surface area contributed by atoms with Crippen LogP contribution in [0, 0.1) is 0 Å². The zero-order chi connectivity index (χ0) is 28.2. The SMILES string of the molecule is COC(COP(O)(=S)C(O)C(O)n1cnc2c(=O)[nH]c(N)nc21)C(CN=c1c(N)ncnn1C)O[P+](=O)S. The number of fused-ring (bicyclic) bond motifs is 1. The standard InChI is InChI=1S/C16H24N10O8P2S2/c1-25-12(10(17)20-5-22-25)19-3-7(34-35(30)37)8(32-2)4-33-36(31,38)15(29)14(28)26-6-21-9-11(26)23-16(18)24-13(9)27/h5-8,14-15,28-29H,3-4H2,1-2H3,(H6-,17,18,20,22,23,24,27,30,31,37,38)/p+1. The van der Waals surface area contributed by atoms with Gasteiger partial charge in [0.25, 0.3) is 5.56 Å². The number of rotatable bonds is 12. The number of aliphatic hydroxyl groups excluding tert-OH is 2. The van der Waals surface area contributed by atoms with Crippen molar-refractivity contribution in [1.82, 2.24) is 34.3 Å². The van der Waals surface area contributed by atoms with Gasteiger partial charge in [0.1, 0.15) is 24.7 Å². The fourth-order valence-electron chi connectivity index (χ4n) is 3.17. The Kier molecular flexibility index (Phi) is 10.0. The van der Waals surface area contributed by atoms with E-state index in [4.69, 9.17) is 37.1 Å². The Morgan fingerprint density at radius 1 is 1.34 bits per heavy atom. The highest BCUT2D eigenvalue weighted by atomic mass is 32.7. The number of H-pyrrole nitrogens is 1. The normalized spacial score (nSPS) is 17.6.